The normalized spacial score (nSPS) is 25.8. The van der Waals surface area contributed by atoms with Crippen molar-refractivity contribution in [3.05, 3.63) is 47.9 Å². The molecule has 4 rings (SSSR count). The molecule has 0 saturated carbocycles. The van der Waals surface area contributed by atoms with Crippen LogP contribution in [0.15, 0.2) is 36.7 Å². The molecular formula is C19H24N4O2. The fraction of sp³-hybridized carbons (Fsp3) is 0.526. The number of aryl methyl sites for hydroxylation is 1. The van der Waals surface area contributed by atoms with E-state index >= 15 is 0 Å². The molecule has 0 bridgehead atoms. The molecular weight excluding hydrogens is 316 g/mol. The zero-order valence-electron chi connectivity index (χ0n) is 14.5. The topological polar surface area (TPSA) is 60.4 Å². The number of aromatic nitrogens is 3. The van der Waals surface area contributed by atoms with Crippen LogP contribution in [0.1, 0.15) is 30.5 Å². The highest BCUT2D eigenvalue weighted by atomic mass is 16.5. The number of hydrogen-bond donors (Lipinski definition) is 0. The molecule has 2 aromatic heterocycles. The third-order valence-corrected chi connectivity index (χ3v) is 5.01. The first-order chi connectivity index (χ1) is 12.3. The maximum atomic E-state index is 6.29. The molecule has 2 aliphatic heterocycles. The highest BCUT2D eigenvalue weighted by molar-refractivity contribution is 5.41. The summed E-state index contributed by atoms with van der Waals surface area (Å²) < 4.78 is 12.1. The predicted octanol–water partition coefficient (Wildman–Crippen LogP) is 2.52. The van der Waals surface area contributed by atoms with Crippen LogP contribution in [0.25, 0.3) is 0 Å². The van der Waals surface area contributed by atoms with Gasteiger partial charge in [0.05, 0.1) is 37.2 Å². The van der Waals surface area contributed by atoms with E-state index in [2.05, 4.69) is 26.1 Å². The van der Waals surface area contributed by atoms with E-state index in [1.807, 2.05) is 31.3 Å². The van der Waals surface area contributed by atoms with Crippen LogP contribution in [0.2, 0.25) is 0 Å². The number of nitrogens with zero attached hydrogens (tertiary/aromatic N) is 4. The van der Waals surface area contributed by atoms with Crippen molar-refractivity contribution in [2.75, 3.05) is 18.1 Å². The van der Waals surface area contributed by atoms with Crippen LogP contribution in [0, 0.1) is 6.92 Å². The Hall–Kier alpha value is -2.05. The zero-order valence-corrected chi connectivity index (χ0v) is 14.5. The summed E-state index contributed by atoms with van der Waals surface area (Å²) in [6.07, 6.45) is 7.24. The summed E-state index contributed by atoms with van der Waals surface area (Å²) in [6, 6.07) is 8.46. The lowest BCUT2D eigenvalue weighted by atomic mass is 9.99. The monoisotopic (exact) mass is 340 g/mol. The summed E-state index contributed by atoms with van der Waals surface area (Å²) in [6.45, 7) is 4.18. The van der Waals surface area contributed by atoms with Crippen molar-refractivity contribution in [1.29, 1.82) is 0 Å². The summed E-state index contributed by atoms with van der Waals surface area (Å²) in [5, 5.41) is 8.53. The van der Waals surface area contributed by atoms with Gasteiger partial charge < -0.3 is 14.4 Å². The average Bonchev–Trinajstić information content (AvgIpc) is 3.06. The van der Waals surface area contributed by atoms with Crippen LogP contribution in [-0.2, 0) is 16.1 Å². The van der Waals surface area contributed by atoms with Crippen molar-refractivity contribution < 1.29 is 9.47 Å². The average molecular weight is 340 g/mol. The number of rotatable bonds is 5. The van der Waals surface area contributed by atoms with Crippen LogP contribution < -0.4 is 4.90 Å². The first-order valence-corrected chi connectivity index (χ1v) is 8.98. The number of ether oxygens (including phenoxy) is 2. The maximum absolute atomic E-state index is 6.29. The molecule has 25 heavy (non-hydrogen) atoms. The number of hydrogen-bond acceptors (Lipinski definition) is 6. The van der Waals surface area contributed by atoms with Crippen molar-refractivity contribution in [2.45, 2.75) is 51.0 Å². The predicted molar refractivity (Wildman–Crippen MR) is 94.3 cm³/mol. The van der Waals surface area contributed by atoms with E-state index in [0.29, 0.717) is 19.3 Å². The quantitative estimate of drug-likeness (QED) is 0.833. The molecule has 0 spiro atoms. The van der Waals surface area contributed by atoms with Crippen molar-refractivity contribution in [2.24, 2.45) is 0 Å². The Morgan fingerprint density at radius 1 is 1.20 bits per heavy atom. The molecule has 132 valence electrons. The Bertz CT molecular complexity index is 680. The molecule has 2 fully saturated rings. The molecule has 0 N–H and O–H groups in total. The molecule has 0 radical (unpaired) electrons. The lowest BCUT2D eigenvalue weighted by Gasteiger charge is -2.36. The standard InChI is InChI=1S/C19H24N4O2/c1-14-4-7-19(22-21-14)23-10-8-18-17(23)6-5-16(25-18)13-24-12-15-3-2-9-20-11-15/h2-4,7,9,11,16-18H,5-6,8,10,12-13H2,1H3/t16-,17+,18+/m1/s1. The Kier molecular flexibility index (Phi) is 4.90. The van der Waals surface area contributed by atoms with Gasteiger partial charge in [0.25, 0.3) is 0 Å². The molecule has 0 amide bonds. The van der Waals surface area contributed by atoms with Crippen molar-refractivity contribution >= 4 is 5.82 Å². The van der Waals surface area contributed by atoms with Gasteiger partial charge in [-0.15, -0.1) is 5.10 Å². The van der Waals surface area contributed by atoms with Gasteiger partial charge in [-0.25, -0.2) is 0 Å². The first kappa shape index (κ1) is 16.4. The Morgan fingerprint density at radius 2 is 2.16 bits per heavy atom. The van der Waals surface area contributed by atoms with E-state index in [1.54, 1.807) is 6.20 Å². The maximum Gasteiger partial charge on any atom is 0.151 e. The van der Waals surface area contributed by atoms with Gasteiger partial charge in [-0.3, -0.25) is 4.98 Å². The highest BCUT2D eigenvalue weighted by Crippen LogP contribution is 2.34. The number of pyridine rings is 1. The molecule has 2 aromatic rings. The summed E-state index contributed by atoms with van der Waals surface area (Å²) in [5.74, 6) is 0.966. The summed E-state index contributed by atoms with van der Waals surface area (Å²) in [5.41, 5.74) is 2.05. The summed E-state index contributed by atoms with van der Waals surface area (Å²) in [7, 11) is 0. The summed E-state index contributed by atoms with van der Waals surface area (Å²) >= 11 is 0. The van der Waals surface area contributed by atoms with Crippen molar-refractivity contribution in [1.82, 2.24) is 15.2 Å². The van der Waals surface area contributed by atoms with Crippen LogP contribution in [-0.4, -0.2) is 46.6 Å². The minimum absolute atomic E-state index is 0.182. The summed E-state index contributed by atoms with van der Waals surface area (Å²) in [4.78, 5) is 6.46. The Morgan fingerprint density at radius 3 is 2.96 bits per heavy atom. The number of fused-ring (bicyclic) bond motifs is 1. The third-order valence-electron chi connectivity index (χ3n) is 5.01. The molecule has 2 saturated heterocycles. The zero-order chi connectivity index (χ0) is 17.1. The smallest absolute Gasteiger partial charge is 0.151 e. The second-order valence-electron chi connectivity index (χ2n) is 6.83. The fourth-order valence-electron chi connectivity index (χ4n) is 3.74. The van der Waals surface area contributed by atoms with E-state index in [4.69, 9.17) is 9.47 Å². The molecule has 0 aliphatic carbocycles. The van der Waals surface area contributed by atoms with Crippen LogP contribution in [0.3, 0.4) is 0 Å². The van der Waals surface area contributed by atoms with Gasteiger partial charge in [0.2, 0.25) is 0 Å². The molecule has 6 heteroatoms. The van der Waals surface area contributed by atoms with E-state index in [9.17, 15) is 0 Å². The fourth-order valence-corrected chi connectivity index (χ4v) is 3.74. The van der Waals surface area contributed by atoms with E-state index < -0.39 is 0 Å². The van der Waals surface area contributed by atoms with Gasteiger partial charge >= 0.3 is 0 Å². The second kappa shape index (κ2) is 7.45. The van der Waals surface area contributed by atoms with E-state index in [0.717, 1.165) is 42.9 Å². The largest absolute Gasteiger partial charge is 0.374 e. The van der Waals surface area contributed by atoms with Crippen molar-refractivity contribution in [3.8, 4) is 0 Å². The van der Waals surface area contributed by atoms with Gasteiger partial charge in [0, 0.05) is 18.9 Å². The minimum Gasteiger partial charge on any atom is -0.374 e. The van der Waals surface area contributed by atoms with Crippen LogP contribution >= 0.6 is 0 Å². The van der Waals surface area contributed by atoms with E-state index in [-0.39, 0.29) is 12.2 Å². The molecule has 4 heterocycles. The van der Waals surface area contributed by atoms with Crippen LogP contribution in [0.4, 0.5) is 5.82 Å². The molecule has 0 aromatic carbocycles. The lowest BCUT2D eigenvalue weighted by molar-refractivity contribution is -0.0889. The Balaban J connectivity index is 1.29. The Labute approximate surface area is 148 Å². The lowest BCUT2D eigenvalue weighted by Crippen LogP contribution is -2.44. The molecule has 2 aliphatic rings. The van der Waals surface area contributed by atoms with Gasteiger partial charge in [-0.05, 0) is 49.9 Å². The number of anilines is 1. The van der Waals surface area contributed by atoms with Gasteiger partial charge in [-0.1, -0.05) is 6.07 Å². The van der Waals surface area contributed by atoms with Gasteiger partial charge in [0.1, 0.15) is 0 Å². The van der Waals surface area contributed by atoms with Gasteiger partial charge in [-0.2, -0.15) is 5.10 Å². The van der Waals surface area contributed by atoms with Crippen molar-refractivity contribution in [3.63, 3.8) is 0 Å². The first-order valence-electron chi connectivity index (χ1n) is 8.98. The molecule has 0 unspecified atom stereocenters. The second-order valence-corrected chi connectivity index (χ2v) is 6.83. The SMILES string of the molecule is Cc1ccc(N2CC[C@@H]3O[C@@H](COCc4cccnc4)CC[C@@H]32)nn1. The van der Waals surface area contributed by atoms with Crippen LogP contribution in [0.5, 0.6) is 0 Å². The molecule has 3 atom stereocenters. The molecule has 6 nitrogen and oxygen atoms in total. The van der Waals surface area contributed by atoms with E-state index in [1.165, 1.54) is 0 Å². The van der Waals surface area contributed by atoms with Gasteiger partial charge in [0.15, 0.2) is 5.82 Å². The minimum atomic E-state index is 0.182. The third kappa shape index (κ3) is 3.80. The highest BCUT2D eigenvalue weighted by Gasteiger charge is 2.40.